The third-order valence-electron chi connectivity index (χ3n) is 1.43. The molecule has 0 aliphatic carbocycles. The molecule has 1 amide bonds. The lowest BCUT2D eigenvalue weighted by Crippen LogP contribution is -2.30. The van der Waals surface area contributed by atoms with E-state index in [0.29, 0.717) is 0 Å². The van der Waals surface area contributed by atoms with Crippen molar-refractivity contribution in [1.82, 2.24) is 0 Å². The van der Waals surface area contributed by atoms with Crippen LogP contribution in [0.15, 0.2) is 0 Å². The Morgan fingerprint density at radius 2 is 2.40 bits per heavy atom. The molecule has 1 fully saturated rings. The smallest absolute Gasteiger partial charge is 0.249 e. The molecule has 0 aromatic heterocycles. The van der Waals surface area contributed by atoms with E-state index in [9.17, 15) is 4.79 Å². The summed E-state index contributed by atoms with van der Waals surface area (Å²) in [5.74, 6) is -0.544. The van der Waals surface area contributed by atoms with Crippen LogP contribution in [0.1, 0.15) is 0 Å². The zero-order valence-corrected chi connectivity index (χ0v) is 5.36. The molecule has 0 saturated carbocycles. The first-order chi connectivity index (χ1) is 4.66. The minimum Gasteiger partial charge on any atom is -0.389 e. The molecule has 0 radical (unpaired) electrons. The number of primary amides is 1. The predicted octanol–water partition coefficient (Wildman–Crippen LogP) is -2.44. The Morgan fingerprint density at radius 1 is 1.80 bits per heavy atom. The predicted molar refractivity (Wildman–Crippen MR) is 32.9 cm³/mol. The first kappa shape index (κ1) is 7.46. The Hall–Kier alpha value is -0.650. The highest BCUT2D eigenvalue weighted by Crippen LogP contribution is 2.24. The Morgan fingerprint density at radius 3 is 2.70 bits per heavy atom. The highest BCUT2D eigenvalue weighted by Gasteiger charge is 2.47. The van der Waals surface area contributed by atoms with Crippen molar-refractivity contribution < 1.29 is 14.6 Å². The summed E-state index contributed by atoms with van der Waals surface area (Å²) in [5.41, 5.74) is 9.96. The maximum Gasteiger partial charge on any atom is 0.249 e. The fraction of sp³-hybridized carbons (Fsp3) is 0.800. The number of aliphatic hydroxyl groups is 1. The van der Waals surface area contributed by atoms with Crippen LogP contribution in [0.4, 0.5) is 0 Å². The van der Waals surface area contributed by atoms with Gasteiger partial charge in [0.2, 0.25) is 5.91 Å². The maximum absolute atomic E-state index is 10.3. The third-order valence-corrected chi connectivity index (χ3v) is 1.43. The summed E-state index contributed by atoms with van der Waals surface area (Å²) in [4.78, 5) is 10.3. The van der Waals surface area contributed by atoms with Gasteiger partial charge in [-0.1, -0.05) is 0 Å². The lowest BCUT2D eigenvalue weighted by molar-refractivity contribution is -0.119. The number of carbonyl (C=O) groups is 1. The molecule has 1 aliphatic rings. The molecule has 1 heterocycles. The number of epoxide rings is 1. The van der Waals surface area contributed by atoms with Crippen molar-refractivity contribution in [3.8, 4) is 0 Å². The van der Waals surface area contributed by atoms with Crippen molar-refractivity contribution >= 4 is 5.91 Å². The van der Waals surface area contributed by atoms with E-state index in [0.717, 1.165) is 0 Å². The molecule has 1 rings (SSSR count). The van der Waals surface area contributed by atoms with E-state index in [-0.39, 0.29) is 6.54 Å². The number of carbonyl (C=O) groups excluding carboxylic acids is 1. The molecule has 0 bridgehead atoms. The topological polar surface area (TPSA) is 102 Å². The van der Waals surface area contributed by atoms with Gasteiger partial charge in [-0.15, -0.1) is 0 Å². The van der Waals surface area contributed by atoms with Crippen molar-refractivity contribution in [3.05, 3.63) is 0 Å². The molecule has 1 saturated heterocycles. The van der Waals surface area contributed by atoms with E-state index < -0.39 is 24.2 Å². The fourth-order valence-corrected chi connectivity index (χ4v) is 0.779. The number of amides is 1. The summed E-state index contributed by atoms with van der Waals surface area (Å²) in [5, 5.41) is 8.96. The number of nitrogens with two attached hydrogens (primary N) is 2. The lowest BCUT2D eigenvalue weighted by Gasteiger charge is -1.99. The van der Waals surface area contributed by atoms with Crippen LogP contribution in [0.3, 0.4) is 0 Å². The normalized spacial score (nSPS) is 33.4. The van der Waals surface area contributed by atoms with Gasteiger partial charge in [-0.3, -0.25) is 4.79 Å². The number of hydrogen-bond donors (Lipinski definition) is 3. The van der Waals surface area contributed by atoms with Crippen LogP contribution in [0, 0.1) is 0 Å². The van der Waals surface area contributed by atoms with Crippen molar-refractivity contribution in [3.63, 3.8) is 0 Å². The zero-order chi connectivity index (χ0) is 7.72. The van der Waals surface area contributed by atoms with Crippen LogP contribution in [-0.4, -0.2) is 35.9 Å². The Balaban J connectivity index is 2.31. The molecule has 5 nitrogen and oxygen atoms in total. The number of ether oxygens (including phenoxy) is 1. The van der Waals surface area contributed by atoms with E-state index in [2.05, 4.69) is 0 Å². The van der Waals surface area contributed by atoms with Crippen LogP contribution in [0.5, 0.6) is 0 Å². The highest BCUT2D eigenvalue weighted by atomic mass is 16.6. The monoisotopic (exact) mass is 146 g/mol. The van der Waals surface area contributed by atoms with Gasteiger partial charge < -0.3 is 21.3 Å². The molecular weight excluding hydrogens is 136 g/mol. The summed E-state index contributed by atoms with van der Waals surface area (Å²) < 4.78 is 4.73. The zero-order valence-electron chi connectivity index (χ0n) is 5.36. The van der Waals surface area contributed by atoms with Gasteiger partial charge in [0.1, 0.15) is 6.10 Å². The van der Waals surface area contributed by atoms with Gasteiger partial charge in [-0.05, 0) is 0 Å². The average molecular weight is 146 g/mol. The average Bonchev–Trinajstić information content (AvgIpc) is 2.64. The second-order valence-corrected chi connectivity index (χ2v) is 2.23. The van der Waals surface area contributed by atoms with Crippen LogP contribution in [0.2, 0.25) is 0 Å². The summed E-state index contributed by atoms with van der Waals surface area (Å²) in [6.07, 6.45) is -1.86. The summed E-state index contributed by atoms with van der Waals surface area (Å²) >= 11 is 0. The number of rotatable bonds is 3. The van der Waals surface area contributed by atoms with E-state index in [4.69, 9.17) is 21.3 Å². The van der Waals surface area contributed by atoms with E-state index in [1.165, 1.54) is 0 Å². The quantitative estimate of drug-likeness (QED) is 0.385. The summed E-state index contributed by atoms with van der Waals surface area (Å²) in [6.45, 7) is 0.0917. The molecule has 58 valence electrons. The standard InChI is InChI=1S/C5H10N2O3/c6-1-2(8)3-4(10-3)5(7)9/h2-4,8H,1,6H2,(H2,7,9). The molecule has 10 heavy (non-hydrogen) atoms. The molecular formula is C5H10N2O3. The fourth-order valence-electron chi connectivity index (χ4n) is 0.779. The Labute approximate surface area is 57.9 Å². The van der Waals surface area contributed by atoms with E-state index in [1.807, 2.05) is 0 Å². The largest absolute Gasteiger partial charge is 0.389 e. The van der Waals surface area contributed by atoms with Gasteiger partial charge in [-0.25, -0.2) is 0 Å². The van der Waals surface area contributed by atoms with Gasteiger partial charge >= 0.3 is 0 Å². The number of hydrogen-bond acceptors (Lipinski definition) is 4. The Bertz CT molecular complexity index is 150. The van der Waals surface area contributed by atoms with Crippen molar-refractivity contribution in [2.45, 2.75) is 18.3 Å². The lowest BCUT2D eigenvalue weighted by atomic mass is 10.2. The molecule has 0 aromatic rings. The third kappa shape index (κ3) is 1.26. The number of aliphatic hydroxyl groups excluding tert-OH is 1. The summed E-state index contributed by atoms with van der Waals surface area (Å²) in [7, 11) is 0. The highest BCUT2D eigenvalue weighted by molar-refractivity contribution is 5.82. The van der Waals surface area contributed by atoms with Crippen molar-refractivity contribution in [2.75, 3.05) is 6.54 Å². The van der Waals surface area contributed by atoms with Crippen LogP contribution in [-0.2, 0) is 9.53 Å². The van der Waals surface area contributed by atoms with Crippen molar-refractivity contribution in [2.24, 2.45) is 11.5 Å². The van der Waals surface area contributed by atoms with Gasteiger partial charge in [0.05, 0.1) is 6.10 Å². The maximum atomic E-state index is 10.3. The van der Waals surface area contributed by atoms with Gasteiger partial charge in [0, 0.05) is 6.54 Å². The van der Waals surface area contributed by atoms with Crippen LogP contribution >= 0.6 is 0 Å². The molecule has 5 N–H and O–H groups in total. The van der Waals surface area contributed by atoms with Gasteiger partial charge in [-0.2, -0.15) is 0 Å². The SMILES string of the molecule is NCC(O)C1OC1C(N)=O. The molecule has 0 aromatic carbocycles. The molecule has 5 heteroatoms. The second-order valence-electron chi connectivity index (χ2n) is 2.23. The van der Waals surface area contributed by atoms with E-state index >= 15 is 0 Å². The molecule has 0 spiro atoms. The second kappa shape index (κ2) is 2.53. The molecule has 3 unspecified atom stereocenters. The molecule has 3 atom stereocenters. The van der Waals surface area contributed by atoms with E-state index in [1.54, 1.807) is 0 Å². The van der Waals surface area contributed by atoms with Crippen LogP contribution in [0.25, 0.3) is 0 Å². The first-order valence-electron chi connectivity index (χ1n) is 2.99. The van der Waals surface area contributed by atoms with Gasteiger partial charge in [0.25, 0.3) is 0 Å². The minimum atomic E-state index is -0.766. The van der Waals surface area contributed by atoms with Crippen molar-refractivity contribution in [1.29, 1.82) is 0 Å². The minimum absolute atomic E-state index is 0.0917. The molecule has 1 aliphatic heterocycles. The van der Waals surface area contributed by atoms with Crippen LogP contribution < -0.4 is 11.5 Å². The Kier molecular flexibility index (Phi) is 1.89. The first-order valence-corrected chi connectivity index (χ1v) is 2.99. The van der Waals surface area contributed by atoms with Gasteiger partial charge in [0.15, 0.2) is 6.10 Å². The summed E-state index contributed by atoms with van der Waals surface area (Å²) in [6, 6.07) is 0.